The fraction of sp³-hybridized carbons (Fsp3) is 0.909. The van der Waals surface area contributed by atoms with E-state index in [-0.39, 0.29) is 12.5 Å². The molecule has 1 amide bonds. The maximum atomic E-state index is 11.6. The van der Waals surface area contributed by atoms with Gasteiger partial charge in [0.25, 0.3) is 0 Å². The van der Waals surface area contributed by atoms with E-state index in [2.05, 4.69) is 10.6 Å². The Kier molecular flexibility index (Phi) is 4.54. The Morgan fingerprint density at radius 1 is 1.47 bits per heavy atom. The van der Waals surface area contributed by atoms with Crippen LogP contribution in [0.5, 0.6) is 0 Å². The molecule has 1 aliphatic heterocycles. The van der Waals surface area contributed by atoms with E-state index in [9.17, 15) is 4.79 Å². The molecule has 3 N–H and O–H groups in total. The summed E-state index contributed by atoms with van der Waals surface area (Å²) in [5, 5.41) is 15.1. The molecule has 0 aromatic heterocycles. The lowest BCUT2D eigenvalue weighted by atomic mass is 9.94. The fourth-order valence-electron chi connectivity index (χ4n) is 1.82. The zero-order valence-corrected chi connectivity index (χ0v) is 9.68. The van der Waals surface area contributed by atoms with E-state index < -0.39 is 5.54 Å². The maximum Gasteiger partial charge on any atom is 0.220 e. The van der Waals surface area contributed by atoms with Crippen LogP contribution in [-0.4, -0.2) is 36.2 Å². The topological polar surface area (TPSA) is 61.4 Å². The first kappa shape index (κ1) is 12.5. The van der Waals surface area contributed by atoms with Gasteiger partial charge in [-0.2, -0.15) is 0 Å². The SMILES string of the molecule is CC(C)(CO)NC(=O)CC1CCNCC1. The molecule has 4 heteroatoms. The number of amides is 1. The van der Waals surface area contributed by atoms with Gasteiger partial charge in [0.15, 0.2) is 0 Å². The highest BCUT2D eigenvalue weighted by molar-refractivity contribution is 5.77. The molecule has 0 spiro atoms. The van der Waals surface area contributed by atoms with Gasteiger partial charge < -0.3 is 15.7 Å². The van der Waals surface area contributed by atoms with E-state index in [1.807, 2.05) is 13.8 Å². The lowest BCUT2D eigenvalue weighted by molar-refractivity contribution is -0.124. The average molecular weight is 214 g/mol. The molecule has 15 heavy (non-hydrogen) atoms. The van der Waals surface area contributed by atoms with Crippen molar-refractivity contribution in [2.75, 3.05) is 19.7 Å². The number of aliphatic hydroxyl groups is 1. The van der Waals surface area contributed by atoms with Gasteiger partial charge in [0, 0.05) is 6.42 Å². The molecule has 0 aliphatic carbocycles. The molecule has 0 saturated carbocycles. The molecule has 1 rings (SSSR count). The molecule has 0 bridgehead atoms. The van der Waals surface area contributed by atoms with Gasteiger partial charge in [-0.05, 0) is 45.7 Å². The van der Waals surface area contributed by atoms with E-state index in [0.29, 0.717) is 12.3 Å². The molecule has 88 valence electrons. The minimum Gasteiger partial charge on any atom is -0.394 e. The molecule has 0 radical (unpaired) electrons. The number of piperidine rings is 1. The minimum atomic E-state index is -0.496. The van der Waals surface area contributed by atoms with E-state index in [1.54, 1.807) is 0 Å². The maximum absolute atomic E-state index is 11.6. The summed E-state index contributed by atoms with van der Waals surface area (Å²) in [5.74, 6) is 0.557. The van der Waals surface area contributed by atoms with E-state index in [0.717, 1.165) is 25.9 Å². The van der Waals surface area contributed by atoms with Crippen LogP contribution in [-0.2, 0) is 4.79 Å². The van der Waals surface area contributed by atoms with Crippen LogP contribution in [0.15, 0.2) is 0 Å². The van der Waals surface area contributed by atoms with Gasteiger partial charge in [-0.15, -0.1) is 0 Å². The zero-order valence-electron chi connectivity index (χ0n) is 9.68. The molecule has 4 nitrogen and oxygen atoms in total. The second kappa shape index (κ2) is 5.47. The summed E-state index contributed by atoms with van der Waals surface area (Å²) in [4.78, 5) is 11.6. The number of nitrogens with one attached hydrogen (secondary N) is 2. The van der Waals surface area contributed by atoms with Crippen LogP contribution in [0.1, 0.15) is 33.1 Å². The van der Waals surface area contributed by atoms with E-state index in [1.165, 1.54) is 0 Å². The fourth-order valence-corrected chi connectivity index (χ4v) is 1.82. The number of aliphatic hydroxyl groups excluding tert-OH is 1. The van der Waals surface area contributed by atoms with Crippen LogP contribution in [0, 0.1) is 5.92 Å². The third-order valence-corrected chi connectivity index (χ3v) is 2.81. The van der Waals surface area contributed by atoms with Crippen LogP contribution in [0.3, 0.4) is 0 Å². The first-order valence-corrected chi connectivity index (χ1v) is 5.66. The highest BCUT2D eigenvalue weighted by Gasteiger charge is 2.22. The summed E-state index contributed by atoms with van der Waals surface area (Å²) in [6.07, 6.45) is 2.74. The Labute approximate surface area is 91.4 Å². The lowest BCUT2D eigenvalue weighted by Gasteiger charge is -2.26. The summed E-state index contributed by atoms with van der Waals surface area (Å²) < 4.78 is 0. The zero-order chi connectivity index (χ0) is 11.3. The highest BCUT2D eigenvalue weighted by atomic mass is 16.3. The third-order valence-electron chi connectivity index (χ3n) is 2.81. The van der Waals surface area contributed by atoms with Crippen molar-refractivity contribution in [3.63, 3.8) is 0 Å². The number of carbonyl (C=O) groups is 1. The van der Waals surface area contributed by atoms with Crippen LogP contribution in [0.25, 0.3) is 0 Å². The first-order valence-electron chi connectivity index (χ1n) is 5.66. The smallest absolute Gasteiger partial charge is 0.220 e. The van der Waals surface area contributed by atoms with Crippen LogP contribution < -0.4 is 10.6 Å². The average Bonchev–Trinajstić information content (AvgIpc) is 2.18. The minimum absolute atomic E-state index is 0.0229. The van der Waals surface area contributed by atoms with E-state index in [4.69, 9.17) is 5.11 Å². The monoisotopic (exact) mass is 214 g/mol. The Hall–Kier alpha value is -0.610. The summed E-state index contributed by atoms with van der Waals surface area (Å²) in [7, 11) is 0. The summed E-state index contributed by atoms with van der Waals surface area (Å²) in [5.41, 5.74) is -0.496. The normalized spacial score (nSPS) is 18.9. The predicted octanol–water partition coefficient (Wildman–Crippen LogP) is 0.263. The van der Waals surface area contributed by atoms with Crippen molar-refractivity contribution < 1.29 is 9.90 Å². The number of rotatable bonds is 4. The summed E-state index contributed by atoms with van der Waals surface area (Å²) >= 11 is 0. The van der Waals surface area contributed by atoms with Gasteiger partial charge in [0.1, 0.15) is 0 Å². The van der Waals surface area contributed by atoms with Gasteiger partial charge in [-0.1, -0.05) is 0 Å². The Morgan fingerprint density at radius 3 is 2.60 bits per heavy atom. The van der Waals surface area contributed by atoms with Crippen molar-refractivity contribution in [3.8, 4) is 0 Å². The molecule has 1 heterocycles. The summed E-state index contributed by atoms with van der Waals surface area (Å²) in [6.45, 7) is 5.66. The lowest BCUT2D eigenvalue weighted by Crippen LogP contribution is -2.47. The quantitative estimate of drug-likeness (QED) is 0.629. The van der Waals surface area contributed by atoms with E-state index >= 15 is 0 Å². The molecule has 1 fully saturated rings. The first-order chi connectivity index (χ1) is 7.03. The Bertz CT molecular complexity index is 211. The molecule has 0 unspecified atom stereocenters. The highest BCUT2D eigenvalue weighted by Crippen LogP contribution is 2.16. The van der Waals surface area contributed by atoms with Crippen molar-refractivity contribution in [1.82, 2.24) is 10.6 Å². The third kappa shape index (κ3) is 4.62. The molecule has 0 atom stereocenters. The van der Waals surface area contributed by atoms with Crippen LogP contribution in [0.2, 0.25) is 0 Å². The van der Waals surface area contributed by atoms with Gasteiger partial charge in [-0.3, -0.25) is 4.79 Å². The summed E-state index contributed by atoms with van der Waals surface area (Å²) in [6, 6.07) is 0. The molecular weight excluding hydrogens is 192 g/mol. The second-order valence-corrected chi connectivity index (χ2v) is 4.99. The van der Waals surface area contributed by atoms with Crippen molar-refractivity contribution in [2.24, 2.45) is 5.92 Å². The van der Waals surface area contributed by atoms with Crippen LogP contribution in [0.4, 0.5) is 0 Å². The molecule has 0 aromatic carbocycles. The van der Waals surface area contributed by atoms with Crippen molar-refractivity contribution in [1.29, 1.82) is 0 Å². The largest absolute Gasteiger partial charge is 0.394 e. The molecule has 0 aromatic rings. The molecular formula is C11H22N2O2. The Morgan fingerprint density at radius 2 is 2.07 bits per heavy atom. The van der Waals surface area contributed by atoms with Gasteiger partial charge in [-0.25, -0.2) is 0 Å². The standard InChI is InChI=1S/C11H22N2O2/c1-11(2,8-14)13-10(15)7-9-3-5-12-6-4-9/h9,12,14H,3-8H2,1-2H3,(H,13,15). The molecule has 1 aliphatic rings. The predicted molar refractivity (Wildman–Crippen MR) is 59.5 cm³/mol. The van der Waals surface area contributed by atoms with Crippen molar-refractivity contribution in [2.45, 2.75) is 38.6 Å². The number of hydrogen-bond donors (Lipinski definition) is 3. The number of carbonyl (C=O) groups excluding carboxylic acids is 1. The van der Waals surface area contributed by atoms with Gasteiger partial charge in [0.2, 0.25) is 5.91 Å². The van der Waals surface area contributed by atoms with Crippen LogP contribution >= 0.6 is 0 Å². The molecule has 1 saturated heterocycles. The van der Waals surface area contributed by atoms with Crippen molar-refractivity contribution >= 4 is 5.91 Å². The van der Waals surface area contributed by atoms with Crippen molar-refractivity contribution in [3.05, 3.63) is 0 Å². The second-order valence-electron chi connectivity index (χ2n) is 4.99. The number of hydrogen-bond acceptors (Lipinski definition) is 3. The van der Waals surface area contributed by atoms with Gasteiger partial charge in [0.05, 0.1) is 12.1 Å². The Balaban J connectivity index is 2.28. The van der Waals surface area contributed by atoms with Gasteiger partial charge >= 0.3 is 0 Å².